The molecule has 1 aliphatic carbocycles. The number of hydrogen-bond acceptors (Lipinski definition) is 2. The maximum absolute atomic E-state index is 5.99. The standard InChI is InChI=1S/C13H25NO/c1-4-12-9-11(5-8-14(12)3)10-15-13(2)6-7-13/h11-12H,4-10H2,1-3H3. The highest BCUT2D eigenvalue weighted by molar-refractivity contribution is 4.91. The second-order valence-electron chi connectivity index (χ2n) is 5.69. The summed E-state index contributed by atoms with van der Waals surface area (Å²) in [5.74, 6) is 0.809. The molecule has 0 N–H and O–H groups in total. The van der Waals surface area contributed by atoms with Gasteiger partial charge in [0.15, 0.2) is 0 Å². The molecule has 1 saturated carbocycles. The van der Waals surface area contributed by atoms with E-state index >= 15 is 0 Å². The third kappa shape index (κ3) is 2.94. The van der Waals surface area contributed by atoms with Gasteiger partial charge in [-0.3, -0.25) is 0 Å². The molecule has 0 aromatic rings. The van der Waals surface area contributed by atoms with Crippen LogP contribution in [0.2, 0.25) is 0 Å². The summed E-state index contributed by atoms with van der Waals surface area (Å²) in [7, 11) is 2.26. The van der Waals surface area contributed by atoms with Gasteiger partial charge in [0.2, 0.25) is 0 Å². The molecule has 0 aromatic heterocycles. The quantitative estimate of drug-likeness (QED) is 0.709. The van der Waals surface area contributed by atoms with Crippen molar-refractivity contribution < 1.29 is 4.74 Å². The average Bonchev–Trinajstić information content (AvgIpc) is 2.96. The largest absolute Gasteiger partial charge is 0.375 e. The van der Waals surface area contributed by atoms with E-state index in [1.54, 1.807) is 0 Å². The highest BCUT2D eigenvalue weighted by Crippen LogP contribution is 2.39. The SMILES string of the molecule is CCC1CC(COC2(C)CC2)CCN1C. The van der Waals surface area contributed by atoms with Gasteiger partial charge in [-0.2, -0.15) is 0 Å². The summed E-state index contributed by atoms with van der Waals surface area (Å²) in [4.78, 5) is 2.51. The monoisotopic (exact) mass is 211 g/mol. The number of rotatable bonds is 4. The fourth-order valence-corrected chi connectivity index (χ4v) is 2.52. The average molecular weight is 211 g/mol. The van der Waals surface area contributed by atoms with E-state index in [4.69, 9.17) is 4.74 Å². The molecule has 0 amide bonds. The van der Waals surface area contributed by atoms with Crippen molar-refractivity contribution in [1.82, 2.24) is 4.90 Å². The Kier molecular flexibility index (Phi) is 3.36. The Labute approximate surface area is 94.0 Å². The highest BCUT2D eigenvalue weighted by atomic mass is 16.5. The Bertz CT molecular complexity index is 213. The van der Waals surface area contributed by atoms with E-state index in [9.17, 15) is 0 Å². The van der Waals surface area contributed by atoms with Gasteiger partial charge >= 0.3 is 0 Å². The molecule has 2 heteroatoms. The van der Waals surface area contributed by atoms with Gasteiger partial charge in [-0.1, -0.05) is 6.92 Å². The van der Waals surface area contributed by atoms with Crippen LogP contribution >= 0.6 is 0 Å². The molecule has 88 valence electrons. The summed E-state index contributed by atoms with van der Waals surface area (Å²) < 4.78 is 5.99. The predicted octanol–water partition coefficient (Wildman–Crippen LogP) is 2.68. The first-order valence-corrected chi connectivity index (χ1v) is 6.47. The number of hydrogen-bond donors (Lipinski definition) is 0. The second-order valence-corrected chi connectivity index (χ2v) is 5.69. The van der Waals surface area contributed by atoms with Crippen LogP contribution < -0.4 is 0 Å². The minimum atomic E-state index is 0.269. The molecule has 2 atom stereocenters. The number of nitrogens with zero attached hydrogens (tertiary/aromatic N) is 1. The Morgan fingerprint density at radius 2 is 2.13 bits per heavy atom. The van der Waals surface area contributed by atoms with Crippen LogP contribution in [0.4, 0.5) is 0 Å². The van der Waals surface area contributed by atoms with Gasteiger partial charge in [0.1, 0.15) is 0 Å². The summed E-state index contributed by atoms with van der Waals surface area (Å²) in [6, 6.07) is 0.791. The lowest BCUT2D eigenvalue weighted by Gasteiger charge is -2.37. The van der Waals surface area contributed by atoms with Crippen molar-refractivity contribution in [1.29, 1.82) is 0 Å². The zero-order chi connectivity index (χ0) is 10.9. The van der Waals surface area contributed by atoms with Gasteiger partial charge in [-0.05, 0) is 58.5 Å². The molecule has 1 heterocycles. The van der Waals surface area contributed by atoms with E-state index in [-0.39, 0.29) is 5.60 Å². The first-order chi connectivity index (χ1) is 7.13. The molecule has 0 radical (unpaired) electrons. The van der Waals surface area contributed by atoms with E-state index in [2.05, 4.69) is 25.8 Å². The summed E-state index contributed by atoms with van der Waals surface area (Å²) in [5.41, 5.74) is 0.269. The van der Waals surface area contributed by atoms with Crippen LogP contribution in [0.15, 0.2) is 0 Å². The van der Waals surface area contributed by atoms with Gasteiger partial charge in [0, 0.05) is 6.04 Å². The lowest BCUT2D eigenvalue weighted by Crippen LogP contribution is -2.40. The van der Waals surface area contributed by atoms with Crippen molar-refractivity contribution in [3.63, 3.8) is 0 Å². The fourth-order valence-electron chi connectivity index (χ4n) is 2.52. The molecule has 2 fully saturated rings. The molecule has 2 rings (SSSR count). The number of piperidine rings is 1. The molecule has 2 aliphatic rings. The van der Waals surface area contributed by atoms with E-state index in [0.717, 1.165) is 18.6 Å². The molecule has 0 bridgehead atoms. The molecule has 1 aliphatic heterocycles. The Balaban J connectivity index is 1.73. The zero-order valence-electron chi connectivity index (χ0n) is 10.5. The third-order valence-electron chi connectivity index (χ3n) is 4.21. The van der Waals surface area contributed by atoms with Crippen molar-refractivity contribution in [2.45, 2.75) is 57.6 Å². The van der Waals surface area contributed by atoms with E-state index < -0.39 is 0 Å². The van der Waals surface area contributed by atoms with Gasteiger partial charge in [0.25, 0.3) is 0 Å². The van der Waals surface area contributed by atoms with Crippen LogP contribution in [0.5, 0.6) is 0 Å². The summed E-state index contributed by atoms with van der Waals surface area (Å²) in [6.45, 7) is 6.80. The maximum Gasteiger partial charge on any atom is 0.0656 e. The highest BCUT2D eigenvalue weighted by Gasteiger charge is 2.39. The van der Waals surface area contributed by atoms with E-state index in [1.807, 2.05) is 0 Å². The van der Waals surface area contributed by atoms with E-state index in [0.29, 0.717) is 0 Å². The van der Waals surface area contributed by atoms with Gasteiger partial charge in [-0.25, -0.2) is 0 Å². The lowest BCUT2D eigenvalue weighted by molar-refractivity contribution is -0.00143. The smallest absolute Gasteiger partial charge is 0.0656 e. The first kappa shape index (κ1) is 11.4. The minimum absolute atomic E-state index is 0.269. The Morgan fingerprint density at radius 3 is 2.73 bits per heavy atom. The third-order valence-corrected chi connectivity index (χ3v) is 4.21. The summed E-state index contributed by atoms with van der Waals surface area (Å²) >= 11 is 0. The molecule has 0 aromatic carbocycles. The van der Waals surface area contributed by atoms with Gasteiger partial charge in [0.05, 0.1) is 12.2 Å². The van der Waals surface area contributed by atoms with Crippen LogP contribution in [0.3, 0.4) is 0 Å². The fraction of sp³-hybridized carbons (Fsp3) is 1.00. The molecule has 2 unspecified atom stereocenters. The molecule has 15 heavy (non-hydrogen) atoms. The molecule has 0 spiro atoms. The van der Waals surface area contributed by atoms with Crippen molar-refractivity contribution in [3.05, 3.63) is 0 Å². The lowest BCUT2D eigenvalue weighted by atomic mass is 9.90. The Morgan fingerprint density at radius 1 is 1.40 bits per heavy atom. The van der Waals surface area contributed by atoms with Crippen LogP contribution in [0.25, 0.3) is 0 Å². The first-order valence-electron chi connectivity index (χ1n) is 6.47. The normalized spacial score (nSPS) is 35.4. The predicted molar refractivity (Wildman–Crippen MR) is 63.0 cm³/mol. The molecular weight excluding hydrogens is 186 g/mol. The van der Waals surface area contributed by atoms with Crippen molar-refractivity contribution in [2.24, 2.45) is 5.92 Å². The van der Waals surface area contributed by atoms with Gasteiger partial charge < -0.3 is 9.64 Å². The Hall–Kier alpha value is -0.0800. The van der Waals surface area contributed by atoms with Crippen molar-refractivity contribution in [2.75, 3.05) is 20.2 Å². The van der Waals surface area contributed by atoms with E-state index in [1.165, 1.54) is 38.6 Å². The molecule has 2 nitrogen and oxygen atoms in total. The number of likely N-dealkylation sites (tertiary alicyclic amines) is 1. The molecular formula is C13H25NO. The van der Waals surface area contributed by atoms with Crippen LogP contribution in [0.1, 0.15) is 46.0 Å². The maximum atomic E-state index is 5.99. The van der Waals surface area contributed by atoms with Crippen molar-refractivity contribution in [3.8, 4) is 0 Å². The molecule has 1 saturated heterocycles. The van der Waals surface area contributed by atoms with Crippen LogP contribution in [-0.2, 0) is 4.74 Å². The summed E-state index contributed by atoms with van der Waals surface area (Å²) in [6.07, 6.45) is 6.49. The second kappa shape index (κ2) is 4.42. The van der Waals surface area contributed by atoms with Crippen LogP contribution in [0, 0.1) is 5.92 Å². The van der Waals surface area contributed by atoms with Crippen molar-refractivity contribution >= 4 is 0 Å². The van der Waals surface area contributed by atoms with Gasteiger partial charge in [-0.15, -0.1) is 0 Å². The number of ether oxygens (including phenoxy) is 1. The van der Waals surface area contributed by atoms with Crippen LogP contribution in [-0.4, -0.2) is 36.7 Å². The zero-order valence-corrected chi connectivity index (χ0v) is 10.5. The minimum Gasteiger partial charge on any atom is -0.375 e. The summed E-state index contributed by atoms with van der Waals surface area (Å²) in [5, 5.41) is 0. The topological polar surface area (TPSA) is 12.5 Å².